The number of nitrogens with one attached hydrogen (secondary N) is 3. The van der Waals surface area contributed by atoms with E-state index in [2.05, 4.69) is 26.1 Å². The Balaban J connectivity index is 1.74. The van der Waals surface area contributed by atoms with Crippen LogP contribution in [-0.4, -0.2) is 40.9 Å². The molecule has 7 nitrogen and oxygen atoms in total. The molecular weight excluding hydrogens is 334 g/mol. The molecule has 0 aliphatic rings. The number of likely N-dealkylation sites (N-methyl/N-ethyl adjacent to an activating group) is 1. The quantitative estimate of drug-likeness (QED) is 0.626. The van der Waals surface area contributed by atoms with Crippen LogP contribution in [0.3, 0.4) is 0 Å². The molecule has 23 heavy (non-hydrogen) atoms. The van der Waals surface area contributed by atoms with Crippen molar-refractivity contribution >= 4 is 45.7 Å². The third kappa shape index (κ3) is 6.25. The molecule has 9 heteroatoms. The fourth-order valence-electron chi connectivity index (χ4n) is 1.58. The van der Waals surface area contributed by atoms with Gasteiger partial charge in [-0.3, -0.25) is 9.59 Å². The lowest BCUT2D eigenvalue weighted by Crippen LogP contribution is -2.37. The van der Waals surface area contributed by atoms with Gasteiger partial charge in [0.1, 0.15) is 0 Å². The van der Waals surface area contributed by atoms with Gasteiger partial charge in [-0.25, -0.2) is 0 Å². The second-order valence-electron chi connectivity index (χ2n) is 4.38. The number of rotatable bonds is 8. The molecule has 1 aromatic carbocycles. The Hall–Kier alpha value is -2.13. The van der Waals surface area contributed by atoms with Crippen molar-refractivity contribution in [2.24, 2.45) is 0 Å². The minimum Gasteiger partial charge on any atom is -0.355 e. The van der Waals surface area contributed by atoms with Crippen LogP contribution >= 0.6 is 23.1 Å². The zero-order chi connectivity index (χ0) is 16.5. The number of anilines is 2. The minimum absolute atomic E-state index is 0.00976. The third-order valence-electron chi connectivity index (χ3n) is 2.58. The molecule has 0 aliphatic heterocycles. The molecule has 0 radical (unpaired) electrons. The fraction of sp³-hybridized carbons (Fsp3) is 0.286. The molecular formula is C14H17N5O2S2. The molecule has 0 bridgehead atoms. The maximum absolute atomic E-state index is 11.7. The van der Waals surface area contributed by atoms with E-state index in [1.54, 1.807) is 0 Å². The van der Waals surface area contributed by atoms with Crippen molar-refractivity contribution in [3.05, 3.63) is 30.3 Å². The number of carbonyl (C=O) groups excluding carboxylic acids is 2. The third-order valence-corrected chi connectivity index (χ3v) is 4.55. The van der Waals surface area contributed by atoms with Crippen LogP contribution in [0.2, 0.25) is 0 Å². The van der Waals surface area contributed by atoms with Crippen molar-refractivity contribution in [1.82, 2.24) is 20.8 Å². The number of thioether (sulfide) groups is 1. The molecule has 0 spiro atoms. The topological polar surface area (TPSA) is 96.0 Å². The summed E-state index contributed by atoms with van der Waals surface area (Å²) < 4.78 is 0.691. The summed E-state index contributed by atoms with van der Waals surface area (Å²) in [6.45, 7) is 2.36. The summed E-state index contributed by atoms with van der Waals surface area (Å²) in [5.41, 5.74) is 0.930. The first kappa shape index (κ1) is 17.2. The number of carbonyl (C=O) groups is 2. The van der Waals surface area contributed by atoms with E-state index in [1.165, 1.54) is 23.1 Å². The highest BCUT2D eigenvalue weighted by molar-refractivity contribution is 8.01. The number of para-hydroxylation sites is 1. The van der Waals surface area contributed by atoms with Gasteiger partial charge in [-0.15, -0.1) is 10.2 Å². The van der Waals surface area contributed by atoms with E-state index in [1.807, 2.05) is 37.3 Å². The summed E-state index contributed by atoms with van der Waals surface area (Å²) in [7, 11) is 0. The molecule has 0 saturated heterocycles. The average Bonchev–Trinajstić information content (AvgIpc) is 3.00. The lowest BCUT2D eigenvalue weighted by atomic mass is 10.3. The molecule has 1 heterocycles. The zero-order valence-corrected chi connectivity index (χ0v) is 14.2. The van der Waals surface area contributed by atoms with Crippen molar-refractivity contribution in [3.63, 3.8) is 0 Å². The lowest BCUT2D eigenvalue weighted by Gasteiger charge is -2.03. The standard InChI is InChI=1S/C14H17N5O2S2/c1-2-15-11(20)8-16-12(21)9-22-14-19-18-13(23-14)17-10-6-4-3-5-7-10/h3-7H,2,8-9H2,1H3,(H,15,20)(H,16,21)(H,17,18). The van der Waals surface area contributed by atoms with E-state index in [0.29, 0.717) is 16.0 Å². The highest BCUT2D eigenvalue weighted by atomic mass is 32.2. The second-order valence-corrected chi connectivity index (χ2v) is 6.58. The van der Waals surface area contributed by atoms with Gasteiger partial charge in [-0.05, 0) is 19.1 Å². The first-order valence-corrected chi connectivity index (χ1v) is 8.79. The van der Waals surface area contributed by atoms with Crippen LogP contribution in [0, 0.1) is 0 Å². The van der Waals surface area contributed by atoms with E-state index in [4.69, 9.17) is 0 Å². The van der Waals surface area contributed by atoms with Gasteiger partial charge in [0, 0.05) is 12.2 Å². The van der Waals surface area contributed by atoms with Crippen LogP contribution in [0.4, 0.5) is 10.8 Å². The van der Waals surface area contributed by atoms with Crippen LogP contribution < -0.4 is 16.0 Å². The van der Waals surface area contributed by atoms with Crippen molar-refractivity contribution in [2.45, 2.75) is 11.3 Å². The number of hydrogen-bond acceptors (Lipinski definition) is 7. The van der Waals surface area contributed by atoms with Crippen molar-refractivity contribution in [1.29, 1.82) is 0 Å². The van der Waals surface area contributed by atoms with Crippen LogP contribution in [0.25, 0.3) is 0 Å². The highest BCUT2D eigenvalue weighted by Gasteiger charge is 2.09. The van der Waals surface area contributed by atoms with Crippen LogP contribution in [0.1, 0.15) is 6.92 Å². The van der Waals surface area contributed by atoms with Gasteiger partial charge in [0.25, 0.3) is 0 Å². The molecule has 1 aromatic heterocycles. The minimum atomic E-state index is -0.214. The number of amides is 2. The second kappa shape index (κ2) is 9.11. The Labute approximate surface area is 142 Å². The van der Waals surface area contributed by atoms with Crippen molar-refractivity contribution in [3.8, 4) is 0 Å². The van der Waals surface area contributed by atoms with Gasteiger partial charge in [-0.1, -0.05) is 41.3 Å². The molecule has 0 unspecified atom stereocenters. The Morgan fingerprint density at radius 2 is 1.91 bits per heavy atom. The van der Waals surface area contributed by atoms with Gasteiger partial charge < -0.3 is 16.0 Å². The van der Waals surface area contributed by atoms with Gasteiger partial charge in [0.2, 0.25) is 16.9 Å². The van der Waals surface area contributed by atoms with Crippen molar-refractivity contribution in [2.75, 3.05) is 24.2 Å². The Bertz CT molecular complexity index is 648. The van der Waals surface area contributed by atoms with Gasteiger partial charge in [0.05, 0.1) is 12.3 Å². The Kier molecular flexibility index (Phi) is 6.82. The molecule has 122 valence electrons. The Morgan fingerprint density at radius 3 is 2.65 bits per heavy atom. The normalized spacial score (nSPS) is 10.1. The first-order valence-electron chi connectivity index (χ1n) is 6.99. The van der Waals surface area contributed by atoms with Crippen molar-refractivity contribution < 1.29 is 9.59 Å². The molecule has 3 N–H and O–H groups in total. The van der Waals surface area contributed by atoms with E-state index in [-0.39, 0.29) is 24.1 Å². The molecule has 2 rings (SSSR count). The molecule has 0 atom stereocenters. The summed E-state index contributed by atoms with van der Waals surface area (Å²) in [5, 5.41) is 17.0. The lowest BCUT2D eigenvalue weighted by molar-refractivity contribution is -0.124. The largest absolute Gasteiger partial charge is 0.355 e. The molecule has 0 aliphatic carbocycles. The maximum atomic E-state index is 11.7. The molecule has 0 saturated carbocycles. The number of hydrogen-bond donors (Lipinski definition) is 3. The number of nitrogens with zero attached hydrogens (tertiary/aromatic N) is 2. The SMILES string of the molecule is CCNC(=O)CNC(=O)CSc1nnc(Nc2ccccc2)s1. The predicted molar refractivity (Wildman–Crippen MR) is 92.1 cm³/mol. The predicted octanol–water partition coefficient (Wildman–Crippen LogP) is 1.63. The van der Waals surface area contributed by atoms with Gasteiger partial charge >= 0.3 is 0 Å². The number of aromatic nitrogens is 2. The molecule has 0 fully saturated rings. The van der Waals surface area contributed by atoms with Crippen LogP contribution in [0.15, 0.2) is 34.7 Å². The first-order chi connectivity index (χ1) is 11.2. The van der Waals surface area contributed by atoms with E-state index in [9.17, 15) is 9.59 Å². The Morgan fingerprint density at radius 1 is 1.13 bits per heavy atom. The maximum Gasteiger partial charge on any atom is 0.239 e. The van der Waals surface area contributed by atoms with Crippen LogP contribution in [-0.2, 0) is 9.59 Å². The monoisotopic (exact) mass is 351 g/mol. The number of benzene rings is 1. The van der Waals surface area contributed by atoms with Gasteiger partial charge in [0.15, 0.2) is 4.34 Å². The fourth-order valence-corrected chi connectivity index (χ4v) is 3.18. The summed E-state index contributed by atoms with van der Waals surface area (Å²) in [6.07, 6.45) is 0. The smallest absolute Gasteiger partial charge is 0.239 e. The van der Waals surface area contributed by atoms with E-state index in [0.717, 1.165) is 5.69 Å². The summed E-state index contributed by atoms with van der Waals surface area (Å²) >= 11 is 2.66. The summed E-state index contributed by atoms with van der Waals surface area (Å²) in [4.78, 5) is 22.9. The van der Waals surface area contributed by atoms with E-state index >= 15 is 0 Å². The summed E-state index contributed by atoms with van der Waals surface area (Å²) in [5.74, 6) is -0.218. The average molecular weight is 351 g/mol. The van der Waals surface area contributed by atoms with E-state index < -0.39 is 0 Å². The molecule has 2 aromatic rings. The zero-order valence-electron chi connectivity index (χ0n) is 12.5. The van der Waals surface area contributed by atoms with Crippen LogP contribution in [0.5, 0.6) is 0 Å². The highest BCUT2D eigenvalue weighted by Crippen LogP contribution is 2.27. The van der Waals surface area contributed by atoms with Gasteiger partial charge in [-0.2, -0.15) is 0 Å². The molecule has 2 amide bonds. The summed E-state index contributed by atoms with van der Waals surface area (Å²) in [6, 6.07) is 9.66.